The lowest BCUT2D eigenvalue weighted by Crippen LogP contribution is -2.40. The number of aromatic nitrogens is 3. The topological polar surface area (TPSA) is 98.6 Å². The van der Waals surface area contributed by atoms with E-state index < -0.39 is 46.9 Å². The van der Waals surface area contributed by atoms with E-state index >= 15 is 0 Å². The number of esters is 1. The van der Waals surface area contributed by atoms with E-state index in [4.69, 9.17) is 4.74 Å². The number of nitrogens with one attached hydrogen (secondary N) is 1. The maximum absolute atomic E-state index is 13.1. The van der Waals surface area contributed by atoms with Gasteiger partial charge in [0.25, 0.3) is 5.91 Å². The molecule has 4 rings (SSSR count). The summed E-state index contributed by atoms with van der Waals surface area (Å²) in [6, 6.07) is 4.70. The number of pyridine rings is 1. The van der Waals surface area contributed by atoms with Crippen LogP contribution in [0.5, 0.6) is 5.75 Å². The van der Waals surface area contributed by atoms with Crippen molar-refractivity contribution in [3.63, 3.8) is 0 Å². The summed E-state index contributed by atoms with van der Waals surface area (Å²) in [5.41, 5.74) is -2.85. The number of piperidine rings is 1. The maximum Gasteiger partial charge on any atom is 0.573 e. The molecule has 9 nitrogen and oxygen atoms in total. The Labute approximate surface area is 230 Å². The van der Waals surface area contributed by atoms with Gasteiger partial charge in [0, 0.05) is 30.7 Å². The van der Waals surface area contributed by atoms with Gasteiger partial charge in [-0.2, -0.15) is 18.3 Å². The summed E-state index contributed by atoms with van der Waals surface area (Å²) in [5.74, 6) is -2.29. The fourth-order valence-electron chi connectivity index (χ4n) is 4.37. The van der Waals surface area contributed by atoms with Crippen molar-refractivity contribution in [1.82, 2.24) is 19.7 Å². The number of nitrogens with zero attached hydrogens (tertiary/aromatic N) is 4. The molecule has 0 spiro atoms. The second-order valence-electron chi connectivity index (χ2n) is 10.5. The maximum atomic E-state index is 13.1. The monoisotopic (exact) mass is 587 g/mol. The zero-order valence-corrected chi connectivity index (χ0v) is 22.3. The molecule has 1 N–H and O–H groups in total. The molecule has 0 aliphatic carbocycles. The first kappa shape index (κ1) is 30.1. The minimum absolute atomic E-state index is 0.114. The Kier molecular flexibility index (Phi) is 8.21. The van der Waals surface area contributed by atoms with Crippen LogP contribution in [0.4, 0.5) is 32.0 Å². The average Bonchev–Trinajstić information content (AvgIpc) is 3.24. The van der Waals surface area contributed by atoms with E-state index in [-0.39, 0.29) is 24.1 Å². The third-order valence-corrected chi connectivity index (χ3v) is 6.07. The van der Waals surface area contributed by atoms with Crippen LogP contribution < -0.4 is 10.1 Å². The third kappa shape index (κ3) is 8.08. The lowest BCUT2D eigenvalue weighted by atomic mass is 10.1. The van der Waals surface area contributed by atoms with Gasteiger partial charge < -0.3 is 14.8 Å². The van der Waals surface area contributed by atoms with Gasteiger partial charge in [0.2, 0.25) is 0 Å². The molecule has 3 heterocycles. The third-order valence-electron chi connectivity index (χ3n) is 6.07. The lowest BCUT2D eigenvalue weighted by molar-refractivity contribution is -0.274. The highest BCUT2D eigenvalue weighted by Gasteiger charge is 2.34. The Morgan fingerprint density at radius 2 is 1.73 bits per heavy atom. The highest BCUT2D eigenvalue weighted by molar-refractivity contribution is 6.05. The Morgan fingerprint density at radius 1 is 1.05 bits per heavy atom. The van der Waals surface area contributed by atoms with E-state index in [1.54, 1.807) is 31.6 Å². The second-order valence-corrected chi connectivity index (χ2v) is 10.5. The van der Waals surface area contributed by atoms with Crippen LogP contribution >= 0.6 is 0 Å². The minimum atomic E-state index is -5.12. The molecule has 0 bridgehead atoms. The highest BCUT2D eigenvalue weighted by Crippen LogP contribution is 2.36. The fourth-order valence-corrected chi connectivity index (χ4v) is 4.37. The molecule has 1 saturated heterocycles. The summed E-state index contributed by atoms with van der Waals surface area (Å²) >= 11 is 0. The summed E-state index contributed by atoms with van der Waals surface area (Å²) in [6.07, 6.45) is -7.13. The Morgan fingerprint density at radius 3 is 2.34 bits per heavy atom. The van der Waals surface area contributed by atoms with Crippen molar-refractivity contribution in [1.29, 1.82) is 0 Å². The fraction of sp³-hybridized carbons (Fsp3) is 0.462. The van der Waals surface area contributed by atoms with Gasteiger partial charge in [-0.1, -0.05) is 6.07 Å². The number of ether oxygens (including phenoxy) is 2. The first-order chi connectivity index (χ1) is 19.0. The van der Waals surface area contributed by atoms with Crippen molar-refractivity contribution in [2.75, 3.05) is 25.0 Å². The number of fused-ring (bicyclic) bond motifs is 1. The van der Waals surface area contributed by atoms with Crippen LogP contribution in [0.2, 0.25) is 0 Å². The molecule has 1 aliphatic heterocycles. The molecule has 0 radical (unpaired) electrons. The molecule has 0 atom stereocenters. The number of likely N-dealkylation sites (tertiary alicyclic amines) is 1. The summed E-state index contributed by atoms with van der Waals surface area (Å²) in [7, 11) is 0. The Balaban J connectivity index is 1.53. The van der Waals surface area contributed by atoms with E-state index in [1.165, 1.54) is 6.07 Å². The van der Waals surface area contributed by atoms with Crippen LogP contribution in [0, 0.1) is 0 Å². The van der Waals surface area contributed by atoms with Crippen LogP contribution in [0.15, 0.2) is 36.5 Å². The Hall–Kier alpha value is -3.88. The average molecular weight is 588 g/mol. The van der Waals surface area contributed by atoms with Crippen molar-refractivity contribution >= 4 is 28.5 Å². The molecular formula is C26H27F6N5O4. The molecule has 41 heavy (non-hydrogen) atoms. The van der Waals surface area contributed by atoms with E-state index in [2.05, 4.69) is 20.1 Å². The van der Waals surface area contributed by atoms with E-state index in [0.717, 1.165) is 18.2 Å². The van der Waals surface area contributed by atoms with E-state index in [9.17, 15) is 35.9 Å². The molecule has 1 aromatic carbocycles. The van der Waals surface area contributed by atoms with Crippen molar-refractivity contribution in [2.24, 2.45) is 0 Å². The van der Waals surface area contributed by atoms with Crippen LogP contribution in [0.1, 0.15) is 55.8 Å². The van der Waals surface area contributed by atoms with Crippen molar-refractivity contribution in [3.8, 4) is 5.75 Å². The molecule has 15 heteroatoms. The largest absolute Gasteiger partial charge is 0.573 e. The predicted molar refractivity (Wildman–Crippen MR) is 134 cm³/mol. The quantitative estimate of drug-likeness (QED) is 0.297. The van der Waals surface area contributed by atoms with Crippen molar-refractivity contribution in [2.45, 2.75) is 57.8 Å². The number of hydrogen-bond donors (Lipinski definition) is 1. The predicted octanol–water partition coefficient (Wildman–Crippen LogP) is 5.58. The van der Waals surface area contributed by atoms with E-state index in [0.29, 0.717) is 37.4 Å². The summed E-state index contributed by atoms with van der Waals surface area (Å²) in [4.78, 5) is 30.0. The number of alkyl halides is 6. The highest BCUT2D eigenvalue weighted by atomic mass is 19.4. The van der Waals surface area contributed by atoms with Crippen molar-refractivity contribution in [3.05, 3.63) is 47.9 Å². The molecular weight excluding hydrogens is 560 g/mol. The first-order valence-corrected chi connectivity index (χ1v) is 12.6. The number of amides is 1. The molecule has 0 saturated carbocycles. The van der Waals surface area contributed by atoms with Crippen LogP contribution in [-0.2, 0) is 15.7 Å². The SMILES string of the molecule is CC(C)(C)OC(=O)CN1CCC(n2cc3cc(NC(=O)c4cccc(C(F)(F)F)n4)c(OC(F)(F)F)cc3n2)CC1. The van der Waals surface area contributed by atoms with Gasteiger partial charge in [-0.05, 0) is 51.8 Å². The number of halogens is 6. The first-order valence-electron chi connectivity index (χ1n) is 12.6. The molecule has 2 aromatic heterocycles. The van der Waals surface area contributed by atoms with Gasteiger partial charge in [-0.25, -0.2) is 4.98 Å². The lowest BCUT2D eigenvalue weighted by Gasteiger charge is -2.32. The molecule has 222 valence electrons. The number of anilines is 1. The van der Waals surface area contributed by atoms with Crippen LogP contribution in [-0.4, -0.2) is 63.1 Å². The molecule has 3 aromatic rings. The number of carbonyl (C=O) groups excluding carboxylic acids is 2. The van der Waals surface area contributed by atoms with Gasteiger partial charge in [-0.15, -0.1) is 13.2 Å². The smallest absolute Gasteiger partial charge is 0.459 e. The molecule has 1 amide bonds. The van der Waals surface area contributed by atoms with Crippen LogP contribution in [0.25, 0.3) is 10.9 Å². The standard InChI is InChI=1S/C26H27F6N5O4/c1-24(2,3)41-22(38)14-36-9-7-16(8-10-36)37-13-15-11-19(20(12-18(15)35-37)40-26(30,31)32)34-23(39)17-5-4-6-21(33-17)25(27,28)29/h4-6,11-13,16H,7-10,14H2,1-3H3,(H,34,39). The number of benzene rings is 1. The minimum Gasteiger partial charge on any atom is -0.459 e. The molecule has 1 aliphatic rings. The van der Waals surface area contributed by atoms with Crippen LogP contribution in [0.3, 0.4) is 0 Å². The van der Waals surface area contributed by atoms with Gasteiger partial charge in [0.15, 0.2) is 5.75 Å². The van der Waals surface area contributed by atoms with Gasteiger partial charge in [-0.3, -0.25) is 19.2 Å². The number of carbonyl (C=O) groups is 2. The summed E-state index contributed by atoms with van der Waals surface area (Å²) in [5, 5.41) is 6.92. The van der Waals surface area contributed by atoms with Gasteiger partial charge in [0.1, 0.15) is 17.0 Å². The Bertz CT molecular complexity index is 1420. The zero-order chi connectivity index (χ0) is 30.2. The summed E-state index contributed by atoms with van der Waals surface area (Å²) < 4.78 is 89.5. The second kappa shape index (κ2) is 11.2. The van der Waals surface area contributed by atoms with E-state index in [1.807, 2.05) is 4.90 Å². The number of hydrogen-bond acceptors (Lipinski definition) is 7. The van der Waals surface area contributed by atoms with Gasteiger partial charge >= 0.3 is 18.5 Å². The zero-order valence-electron chi connectivity index (χ0n) is 22.3. The van der Waals surface area contributed by atoms with Crippen molar-refractivity contribution < 1.29 is 45.4 Å². The molecule has 0 unspecified atom stereocenters. The summed E-state index contributed by atoms with van der Waals surface area (Å²) in [6.45, 7) is 6.60. The number of rotatable bonds is 6. The normalized spacial score (nSPS) is 15.6. The molecule has 1 fully saturated rings. The van der Waals surface area contributed by atoms with Gasteiger partial charge in [0.05, 0.1) is 23.8 Å².